The minimum atomic E-state index is -5.79. The van der Waals surface area contributed by atoms with E-state index in [4.69, 9.17) is 0 Å². The summed E-state index contributed by atoms with van der Waals surface area (Å²) in [6.45, 7) is 3.31. The van der Waals surface area contributed by atoms with E-state index in [0.717, 1.165) is 6.08 Å². The third kappa shape index (κ3) is 6.21. The van der Waals surface area contributed by atoms with Gasteiger partial charge in [0.1, 0.15) is 6.10 Å². The number of rotatable bonds is 5. The maximum Gasteiger partial charge on any atom is 0.509 e. The second-order valence-electron chi connectivity index (χ2n) is 4.41. The van der Waals surface area contributed by atoms with Crippen LogP contribution in [0.5, 0.6) is 0 Å². The van der Waals surface area contributed by atoms with Crippen molar-refractivity contribution >= 4 is 6.16 Å². The Morgan fingerprint density at radius 1 is 1.04 bits per heavy atom. The van der Waals surface area contributed by atoms with Crippen molar-refractivity contribution in [1.82, 2.24) is 0 Å². The monoisotopic (exact) mass is 342 g/mol. The maximum atomic E-state index is 12.3. The highest BCUT2D eigenvalue weighted by atomic mass is 19.4. The Bertz CT molecular complexity index is 510. The predicted molar refractivity (Wildman–Crippen MR) is 67.6 cm³/mol. The van der Waals surface area contributed by atoms with Gasteiger partial charge >= 0.3 is 18.5 Å². The molecule has 0 aliphatic rings. The van der Waals surface area contributed by atoms with Crippen LogP contribution in [0.15, 0.2) is 43.0 Å². The largest absolute Gasteiger partial charge is 0.509 e. The van der Waals surface area contributed by atoms with Crippen molar-refractivity contribution in [3.05, 3.63) is 48.6 Å². The van der Waals surface area contributed by atoms with E-state index in [2.05, 4.69) is 16.1 Å². The van der Waals surface area contributed by atoms with Crippen molar-refractivity contribution in [2.45, 2.75) is 31.0 Å². The summed E-state index contributed by atoms with van der Waals surface area (Å²) in [6, 6.07) is 8.31. The molecule has 1 aromatic carbocycles. The van der Waals surface area contributed by atoms with E-state index in [1.54, 1.807) is 30.3 Å². The van der Waals surface area contributed by atoms with Gasteiger partial charge in [0.05, 0.1) is 0 Å². The third-order valence-electron chi connectivity index (χ3n) is 2.60. The molecule has 0 aliphatic carbocycles. The summed E-state index contributed by atoms with van der Waals surface area (Å²) < 4.78 is 81.5. The second kappa shape index (κ2) is 7.38. The zero-order valence-electron chi connectivity index (χ0n) is 11.5. The smallest absolute Gasteiger partial charge is 0.426 e. The van der Waals surface area contributed by atoms with Gasteiger partial charge in [-0.1, -0.05) is 43.0 Å². The summed E-state index contributed by atoms with van der Waals surface area (Å²) >= 11 is 0. The number of halogens is 6. The molecule has 9 heteroatoms. The standard InChI is InChI=1S/C14H12F6O3/c1-2-10(8-9-6-4-3-5-7-9)22-12(21)23-11(13(15,16)17)14(18,19)20/h2-7,10-11H,1,8H2. The van der Waals surface area contributed by atoms with Gasteiger partial charge in [-0.25, -0.2) is 4.79 Å². The van der Waals surface area contributed by atoms with Crippen molar-refractivity contribution < 1.29 is 40.6 Å². The zero-order valence-corrected chi connectivity index (χ0v) is 11.5. The first kappa shape index (κ1) is 18.9. The predicted octanol–water partition coefficient (Wildman–Crippen LogP) is 4.43. The lowest BCUT2D eigenvalue weighted by Gasteiger charge is -2.23. The summed E-state index contributed by atoms with van der Waals surface area (Å²) in [4.78, 5) is 11.2. The Hall–Kier alpha value is -2.19. The lowest BCUT2D eigenvalue weighted by atomic mass is 10.1. The van der Waals surface area contributed by atoms with Crippen molar-refractivity contribution in [3.8, 4) is 0 Å². The molecule has 3 nitrogen and oxygen atoms in total. The van der Waals surface area contributed by atoms with Gasteiger partial charge in [-0.05, 0) is 5.56 Å². The van der Waals surface area contributed by atoms with E-state index in [9.17, 15) is 31.1 Å². The molecule has 0 bridgehead atoms. The summed E-state index contributed by atoms with van der Waals surface area (Å²) in [5.74, 6) is 0. The fourth-order valence-electron chi connectivity index (χ4n) is 1.59. The van der Waals surface area contributed by atoms with Crippen LogP contribution in [0.4, 0.5) is 31.1 Å². The van der Waals surface area contributed by atoms with E-state index < -0.39 is 30.7 Å². The van der Waals surface area contributed by atoms with Crippen molar-refractivity contribution in [2.24, 2.45) is 0 Å². The van der Waals surface area contributed by atoms with E-state index in [1.807, 2.05) is 0 Å². The fourth-order valence-corrected chi connectivity index (χ4v) is 1.59. The normalized spacial score (nSPS) is 13.5. The zero-order chi connectivity index (χ0) is 17.7. The SMILES string of the molecule is C=CC(Cc1ccccc1)OC(=O)OC(C(F)(F)F)C(F)(F)F. The maximum absolute atomic E-state index is 12.3. The number of hydrogen-bond donors (Lipinski definition) is 0. The molecule has 0 N–H and O–H groups in total. The molecular weight excluding hydrogens is 330 g/mol. The molecule has 0 saturated heterocycles. The number of carbonyl (C=O) groups excluding carboxylic acids is 1. The molecular formula is C14H12F6O3. The van der Waals surface area contributed by atoms with Crippen LogP contribution in [0.2, 0.25) is 0 Å². The molecule has 0 aliphatic heterocycles. The summed E-state index contributed by atoms with van der Waals surface area (Å²) in [6.07, 6.45) is -17.9. The van der Waals surface area contributed by atoms with Gasteiger partial charge in [-0.2, -0.15) is 26.3 Å². The average molecular weight is 342 g/mol. The lowest BCUT2D eigenvalue weighted by molar-refractivity contribution is -0.310. The van der Waals surface area contributed by atoms with E-state index in [0.29, 0.717) is 5.56 Å². The first-order valence-corrected chi connectivity index (χ1v) is 6.21. The molecule has 0 aromatic heterocycles. The molecule has 0 fully saturated rings. The van der Waals surface area contributed by atoms with E-state index in [-0.39, 0.29) is 6.42 Å². The molecule has 0 radical (unpaired) electrons. The van der Waals surface area contributed by atoms with Gasteiger partial charge in [0.15, 0.2) is 0 Å². The summed E-state index contributed by atoms with van der Waals surface area (Å²) in [5.41, 5.74) is 0.647. The highest BCUT2D eigenvalue weighted by Gasteiger charge is 2.60. The van der Waals surface area contributed by atoms with Gasteiger partial charge in [0.25, 0.3) is 6.10 Å². The van der Waals surface area contributed by atoms with Gasteiger partial charge < -0.3 is 9.47 Å². The van der Waals surface area contributed by atoms with Crippen LogP contribution in [-0.4, -0.2) is 30.7 Å². The Morgan fingerprint density at radius 3 is 2.00 bits per heavy atom. The van der Waals surface area contributed by atoms with Crippen LogP contribution in [0.1, 0.15) is 5.56 Å². The molecule has 0 spiro atoms. The Kier molecular flexibility index (Phi) is 6.05. The van der Waals surface area contributed by atoms with Crippen LogP contribution >= 0.6 is 0 Å². The molecule has 0 amide bonds. The molecule has 1 unspecified atom stereocenters. The highest BCUT2D eigenvalue weighted by Crippen LogP contribution is 2.35. The van der Waals surface area contributed by atoms with Crippen molar-refractivity contribution in [2.75, 3.05) is 0 Å². The number of carbonyl (C=O) groups is 1. The molecule has 1 aromatic rings. The molecule has 1 rings (SSSR count). The van der Waals surface area contributed by atoms with Gasteiger partial charge in [0.2, 0.25) is 0 Å². The number of benzene rings is 1. The van der Waals surface area contributed by atoms with Crippen LogP contribution in [0, 0.1) is 0 Å². The Morgan fingerprint density at radius 2 is 1.57 bits per heavy atom. The molecule has 23 heavy (non-hydrogen) atoms. The lowest BCUT2D eigenvalue weighted by Crippen LogP contribution is -2.46. The summed E-state index contributed by atoms with van der Waals surface area (Å²) in [7, 11) is 0. The van der Waals surface area contributed by atoms with E-state index in [1.165, 1.54) is 0 Å². The van der Waals surface area contributed by atoms with Gasteiger partial charge in [-0.15, -0.1) is 0 Å². The minimum Gasteiger partial charge on any atom is -0.426 e. The molecule has 128 valence electrons. The fraction of sp³-hybridized carbons (Fsp3) is 0.357. The van der Waals surface area contributed by atoms with Crippen LogP contribution in [0.3, 0.4) is 0 Å². The quantitative estimate of drug-likeness (QED) is 0.451. The van der Waals surface area contributed by atoms with Crippen LogP contribution in [-0.2, 0) is 15.9 Å². The number of hydrogen-bond acceptors (Lipinski definition) is 3. The molecule has 0 saturated carbocycles. The summed E-state index contributed by atoms with van der Waals surface area (Å²) in [5, 5.41) is 0. The first-order valence-electron chi connectivity index (χ1n) is 6.21. The van der Waals surface area contributed by atoms with Crippen LogP contribution < -0.4 is 0 Å². The number of alkyl halides is 6. The second-order valence-corrected chi connectivity index (χ2v) is 4.41. The molecule has 0 heterocycles. The first-order chi connectivity index (χ1) is 10.5. The minimum absolute atomic E-state index is 0.0299. The Labute approximate surface area is 127 Å². The van der Waals surface area contributed by atoms with E-state index >= 15 is 0 Å². The van der Waals surface area contributed by atoms with Gasteiger partial charge in [-0.3, -0.25) is 0 Å². The molecule has 1 atom stereocenters. The van der Waals surface area contributed by atoms with Crippen molar-refractivity contribution in [1.29, 1.82) is 0 Å². The number of ether oxygens (including phenoxy) is 2. The van der Waals surface area contributed by atoms with Crippen LogP contribution in [0.25, 0.3) is 0 Å². The van der Waals surface area contributed by atoms with Gasteiger partial charge in [0, 0.05) is 6.42 Å². The Balaban J connectivity index is 2.71. The topological polar surface area (TPSA) is 35.5 Å². The van der Waals surface area contributed by atoms with Crippen molar-refractivity contribution in [3.63, 3.8) is 0 Å². The highest BCUT2D eigenvalue weighted by molar-refractivity contribution is 5.61. The average Bonchev–Trinajstić information content (AvgIpc) is 2.42. The third-order valence-corrected chi connectivity index (χ3v) is 2.60.